The first-order valence-corrected chi connectivity index (χ1v) is 5.44. The van der Waals surface area contributed by atoms with Gasteiger partial charge in [0.2, 0.25) is 0 Å². The third-order valence-corrected chi connectivity index (χ3v) is 3.68. The van der Waals surface area contributed by atoms with E-state index in [0.29, 0.717) is 0 Å². The van der Waals surface area contributed by atoms with Crippen LogP contribution in [0.3, 0.4) is 0 Å². The monoisotopic (exact) mass is 192 g/mol. The summed E-state index contributed by atoms with van der Waals surface area (Å²) in [5.74, 6) is 0. The van der Waals surface area contributed by atoms with Gasteiger partial charge in [-0.1, -0.05) is 6.42 Å². The van der Waals surface area contributed by atoms with E-state index in [-0.39, 0.29) is 0 Å². The summed E-state index contributed by atoms with van der Waals surface area (Å²) in [4.78, 5) is 1.35. The molecule has 0 fully saturated rings. The number of fused-ring (bicyclic) bond motifs is 1. The molecule has 2 nitrogen and oxygen atoms in total. The van der Waals surface area contributed by atoms with Crippen LogP contribution in [0.1, 0.15) is 35.3 Å². The predicted molar refractivity (Wildman–Crippen MR) is 54.7 cm³/mol. The van der Waals surface area contributed by atoms with Gasteiger partial charge in [0, 0.05) is 4.88 Å². The van der Waals surface area contributed by atoms with Gasteiger partial charge in [-0.2, -0.15) is 5.26 Å². The molecule has 0 spiro atoms. The van der Waals surface area contributed by atoms with E-state index in [4.69, 9.17) is 11.0 Å². The molecule has 0 bridgehead atoms. The van der Waals surface area contributed by atoms with Gasteiger partial charge in [-0.25, -0.2) is 0 Å². The zero-order chi connectivity index (χ0) is 9.26. The average Bonchev–Trinajstić information content (AvgIpc) is 2.32. The van der Waals surface area contributed by atoms with Gasteiger partial charge in [0.05, 0.1) is 5.56 Å². The van der Waals surface area contributed by atoms with Crippen LogP contribution in [0.4, 0.5) is 5.00 Å². The second kappa shape index (κ2) is 3.39. The highest BCUT2D eigenvalue weighted by Crippen LogP contribution is 2.34. The van der Waals surface area contributed by atoms with E-state index >= 15 is 0 Å². The number of hydrogen-bond donors (Lipinski definition) is 1. The smallest absolute Gasteiger partial charge is 0.104 e. The molecule has 0 radical (unpaired) electrons. The molecule has 1 aromatic rings. The Morgan fingerprint density at radius 3 is 2.77 bits per heavy atom. The topological polar surface area (TPSA) is 49.8 Å². The van der Waals surface area contributed by atoms with Crippen LogP contribution in [-0.4, -0.2) is 0 Å². The summed E-state index contributed by atoms with van der Waals surface area (Å²) in [6, 6.07) is 2.22. The zero-order valence-electron chi connectivity index (χ0n) is 7.47. The molecular formula is C10H12N2S. The van der Waals surface area contributed by atoms with Gasteiger partial charge < -0.3 is 5.73 Å². The first-order chi connectivity index (χ1) is 6.33. The van der Waals surface area contributed by atoms with Crippen LogP contribution < -0.4 is 5.73 Å². The first kappa shape index (κ1) is 8.58. The lowest BCUT2D eigenvalue weighted by molar-refractivity contribution is 0.712. The van der Waals surface area contributed by atoms with Crippen molar-refractivity contribution < 1.29 is 0 Å². The Morgan fingerprint density at radius 2 is 2.00 bits per heavy atom. The number of nitrogen functional groups attached to an aromatic ring is 1. The van der Waals surface area contributed by atoms with Crippen LogP contribution in [0.15, 0.2) is 0 Å². The highest BCUT2D eigenvalue weighted by molar-refractivity contribution is 7.16. The molecule has 0 unspecified atom stereocenters. The van der Waals surface area contributed by atoms with E-state index in [1.165, 1.54) is 29.7 Å². The second-order valence-electron chi connectivity index (χ2n) is 3.42. The molecule has 3 heteroatoms. The number of thiophene rings is 1. The van der Waals surface area contributed by atoms with Crippen LogP contribution in [-0.2, 0) is 12.8 Å². The van der Waals surface area contributed by atoms with Crippen molar-refractivity contribution in [2.75, 3.05) is 5.73 Å². The molecule has 0 aromatic carbocycles. The fourth-order valence-corrected chi connectivity index (χ4v) is 3.00. The molecule has 2 N–H and O–H groups in total. The van der Waals surface area contributed by atoms with Crippen molar-refractivity contribution in [1.82, 2.24) is 0 Å². The van der Waals surface area contributed by atoms with Crippen LogP contribution in [0.2, 0.25) is 0 Å². The van der Waals surface area contributed by atoms with Gasteiger partial charge in [-0.05, 0) is 31.2 Å². The number of rotatable bonds is 0. The second-order valence-corrected chi connectivity index (χ2v) is 4.55. The molecule has 0 saturated heterocycles. The Labute approximate surface area is 82.0 Å². The molecule has 1 heterocycles. The fraction of sp³-hybridized carbons (Fsp3) is 0.500. The van der Waals surface area contributed by atoms with Gasteiger partial charge in [0.1, 0.15) is 11.1 Å². The van der Waals surface area contributed by atoms with Gasteiger partial charge in [0.25, 0.3) is 0 Å². The summed E-state index contributed by atoms with van der Waals surface area (Å²) >= 11 is 1.61. The summed E-state index contributed by atoms with van der Waals surface area (Å²) in [5.41, 5.74) is 7.77. The summed E-state index contributed by atoms with van der Waals surface area (Å²) < 4.78 is 0. The van der Waals surface area contributed by atoms with Crippen molar-refractivity contribution in [1.29, 1.82) is 5.26 Å². The van der Waals surface area contributed by atoms with E-state index in [9.17, 15) is 0 Å². The van der Waals surface area contributed by atoms with Gasteiger partial charge in [-0.3, -0.25) is 0 Å². The van der Waals surface area contributed by atoms with E-state index in [0.717, 1.165) is 23.4 Å². The molecule has 1 aliphatic carbocycles. The Hall–Kier alpha value is -1.01. The van der Waals surface area contributed by atoms with Gasteiger partial charge >= 0.3 is 0 Å². The Morgan fingerprint density at radius 1 is 1.23 bits per heavy atom. The largest absolute Gasteiger partial charge is 0.389 e. The lowest BCUT2D eigenvalue weighted by Gasteiger charge is -1.95. The minimum absolute atomic E-state index is 0.717. The van der Waals surface area contributed by atoms with Crippen LogP contribution >= 0.6 is 11.3 Å². The highest BCUT2D eigenvalue weighted by atomic mass is 32.1. The zero-order valence-corrected chi connectivity index (χ0v) is 8.28. The summed E-state index contributed by atoms with van der Waals surface area (Å²) in [5, 5.41) is 9.65. The molecule has 13 heavy (non-hydrogen) atoms. The minimum Gasteiger partial charge on any atom is -0.389 e. The molecule has 0 aliphatic heterocycles. The van der Waals surface area contributed by atoms with Crippen LogP contribution in [0, 0.1) is 11.3 Å². The predicted octanol–water partition coefficient (Wildman–Crippen LogP) is 2.47. The molecule has 1 aliphatic rings. The van der Waals surface area contributed by atoms with E-state index in [1.54, 1.807) is 11.3 Å². The Kier molecular flexibility index (Phi) is 2.24. The van der Waals surface area contributed by atoms with Crippen molar-refractivity contribution in [3.05, 3.63) is 16.0 Å². The maximum absolute atomic E-state index is 8.93. The SMILES string of the molecule is N#Cc1c(N)sc2c1CCCCC2. The Bertz CT molecular complexity index is 360. The molecular weight excluding hydrogens is 180 g/mol. The van der Waals surface area contributed by atoms with Crippen LogP contribution in [0.25, 0.3) is 0 Å². The van der Waals surface area contributed by atoms with Crippen molar-refractivity contribution in [2.24, 2.45) is 0 Å². The fourth-order valence-electron chi connectivity index (χ4n) is 1.89. The van der Waals surface area contributed by atoms with E-state index in [2.05, 4.69) is 6.07 Å². The molecule has 1 aromatic heterocycles. The standard InChI is InChI=1S/C10H12N2S/c11-6-8-7-4-2-1-3-5-9(7)13-10(8)12/h1-5,12H2. The summed E-state index contributed by atoms with van der Waals surface area (Å²) in [6.45, 7) is 0. The van der Waals surface area contributed by atoms with Crippen LogP contribution in [0.5, 0.6) is 0 Å². The normalized spacial score (nSPS) is 15.9. The van der Waals surface area contributed by atoms with Crippen molar-refractivity contribution in [3.8, 4) is 6.07 Å². The third kappa shape index (κ3) is 1.42. The van der Waals surface area contributed by atoms with Crippen molar-refractivity contribution >= 4 is 16.3 Å². The number of nitrogens with two attached hydrogens (primary N) is 1. The van der Waals surface area contributed by atoms with E-state index in [1.807, 2.05) is 0 Å². The lowest BCUT2D eigenvalue weighted by atomic mass is 10.1. The maximum Gasteiger partial charge on any atom is 0.104 e. The number of nitrogens with zero attached hydrogens (tertiary/aromatic N) is 1. The average molecular weight is 192 g/mol. The summed E-state index contributed by atoms with van der Waals surface area (Å²) in [6.07, 6.45) is 5.90. The number of aryl methyl sites for hydroxylation is 1. The quantitative estimate of drug-likeness (QED) is 0.642. The van der Waals surface area contributed by atoms with Gasteiger partial charge in [-0.15, -0.1) is 11.3 Å². The molecule has 0 atom stereocenters. The number of nitriles is 1. The van der Waals surface area contributed by atoms with Gasteiger partial charge in [0.15, 0.2) is 0 Å². The maximum atomic E-state index is 8.93. The van der Waals surface area contributed by atoms with E-state index < -0.39 is 0 Å². The van der Waals surface area contributed by atoms with Crippen molar-refractivity contribution in [2.45, 2.75) is 32.1 Å². The first-order valence-electron chi connectivity index (χ1n) is 4.63. The summed E-state index contributed by atoms with van der Waals surface area (Å²) in [7, 11) is 0. The highest BCUT2D eigenvalue weighted by Gasteiger charge is 2.17. The molecule has 68 valence electrons. The Balaban J connectivity index is 2.48. The number of anilines is 1. The number of hydrogen-bond acceptors (Lipinski definition) is 3. The molecule has 2 rings (SSSR count). The minimum atomic E-state index is 0.717. The van der Waals surface area contributed by atoms with Crippen molar-refractivity contribution in [3.63, 3.8) is 0 Å². The molecule has 0 saturated carbocycles. The molecule has 0 amide bonds. The lowest BCUT2D eigenvalue weighted by Crippen LogP contribution is -1.89. The third-order valence-electron chi connectivity index (χ3n) is 2.56.